The van der Waals surface area contributed by atoms with Crippen LogP contribution in [0.1, 0.15) is 56.9 Å². The van der Waals surface area contributed by atoms with Crippen LogP contribution >= 0.6 is 11.3 Å². The molecule has 0 saturated heterocycles. The summed E-state index contributed by atoms with van der Waals surface area (Å²) in [6.45, 7) is 11.4. The Labute approximate surface area is 176 Å². The molecule has 2 N–H and O–H groups in total. The van der Waals surface area contributed by atoms with Gasteiger partial charge in [0.05, 0.1) is 48.8 Å². The van der Waals surface area contributed by atoms with Gasteiger partial charge in [0.2, 0.25) is 0 Å². The van der Waals surface area contributed by atoms with Gasteiger partial charge < -0.3 is 15.0 Å². The molecular weight excluding hydrogens is 382 g/mol. The van der Waals surface area contributed by atoms with Crippen LogP contribution in [0.4, 0.5) is 5.82 Å². The van der Waals surface area contributed by atoms with Crippen molar-refractivity contribution < 1.29 is 9.64 Å². The van der Waals surface area contributed by atoms with E-state index in [-0.39, 0.29) is 5.60 Å². The molecule has 0 spiro atoms. The monoisotopic (exact) mass is 414 g/mol. The van der Waals surface area contributed by atoms with Gasteiger partial charge in [0.1, 0.15) is 17.0 Å². The Hall–Kier alpha value is -1.83. The molecule has 0 saturated carbocycles. The van der Waals surface area contributed by atoms with Crippen LogP contribution < -0.4 is 10.2 Å². The van der Waals surface area contributed by atoms with Gasteiger partial charge in [-0.3, -0.25) is 0 Å². The first kappa shape index (κ1) is 20.4. The van der Waals surface area contributed by atoms with Crippen LogP contribution in [0.3, 0.4) is 0 Å². The number of aromatic nitrogens is 3. The molecule has 3 aromatic rings. The van der Waals surface area contributed by atoms with Gasteiger partial charge in [-0.1, -0.05) is 13.8 Å². The minimum atomic E-state index is -0.174. The van der Waals surface area contributed by atoms with Gasteiger partial charge in [0, 0.05) is 30.3 Å². The second kappa shape index (κ2) is 7.78. The predicted octanol–water partition coefficient (Wildman–Crippen LogP) is 3.16. The molecule has 0 amide bonds. The number of nitrogens with zero attached hydrogens (tertiary/aromatic N) is 3. The van der Waals surface area contributed by atoms with E-state index in [1.165, 1.54) is 21.4 Å². The number of pyridine rings is 1. The standard InChI is InChI=1S/C22H31N5OS/c1-13(2)17-15-11-28-22(3,4)10-14(15)16-18-19(29-21(16)26-17)20(25-12-24-18)23-8-7-9-27(5)6/h12-13H,7-11H2,1-6H3,(H,23,24,25)/p+1. The largest absolute Gasteiger partial charge is 0.370 e. The second-order valence-corrected chi connectivity index (χ2v) is 10.3. The SMILES string of the molecule is CC(C)c1nc2sc3c(NCCC[NH+](C)C)ncnc3c2c2c1COC(C)(C)C2. The molecule has 4 heterocycles. The molecule has 156 valence electrons. The fourth-order valence-corrected chi connectivity index (χ4v) is 5.22. The van der Waals surface area contributed by atoms with Crippen LogP contribution in [0.25, 0.3) is 20.4 Å². The molecule has 1 aliphatic rings. The molecule has 1 aliphatic heterocycles. The van der Waals surface area contributed by atoms with Crippen molar-refractivity contribution in [1.29, 1.82) is 0 Å². The van der Waals surface area contributed by atoms with E-state index in [0.717, 1.165) is 52.5 Å². The van der Waals surface area contributed by atoms with Crippen LogP contribution in [-0.4, -0.2) is 47.7 Å². The van der Waals surface area contributed by atoms with Crippen molar-refractivity contribution in [1.82, 2.24) is 15.0 Å². The Morgan fingerprint density at radius 2 is 2.03 bits per heavy atom. The van der Waals surface area contributed by atoms with E-state index >= 15 is 0 Å². The third-order valence-corrected chi connectivity index (χ3v) is 6.63. The van der Waals surface area contributed by atoms with Crippen molar-refractivity contribution in [2.45, 2.75) is 58.7 Å². The number of anilines is 1. The van der Waals surface area contributed by atoms with E-state index in [1.807, 2.05) is 0 Å². The topological polar surface area (TPSA) is 64.4 Å². The molecule has 7 heteroatoms. The summed E-state index contributed by atoms with van der Waals surface area (Å²) >= 11 is 1.71. The molecule has 0 aromatic carbocycles. The highest BCUT2D eigenvalue weighted by atomic mass is 32.1. The Balaban J connectivity index is 1.83. The number of hydrogen-bond donors (Lipinski definition) is 2. The van der Waals surface area contributed by atoms with Gasteiger partial charge in [-0.15, -0.1) is 11.3 Å². The average Bonchev–Trinajstić information content (AvgIpc) is 3.03. The van der Waals surface area contributed by atoms with Crippen LogP contribution in [-0.2, 0) is 17.8 Å². The van der Waals surface area contributed by atoms with E-state index in [4.69, 9.17) is 14.7 Å². The van der Waals surface area contributed by atoms with Crippen LogP contribution in [0, 0.1) is 0 Å². The first-order chi connectivity index (χ1) is 13.8. The van der Waals surface area contributed by atoms with E-state index in [2.05, 4.69) is 52.1 Å². The molecule has 0 fully saturated rings. The lowest BCUT2D eigenvalue weighted by atomic mass is 9.87. The van der Waals surface area contributed by atoms with Crippen LogP contribution in [0.5, 0.6) is 0 Å². The summed E-state index contributed by atoms with van der Waals surface area (Å²) in [5.41, 5.74) is 4.63. The Bertz CT molecular complexity index is 1040. The van der Waals surface area contributed by atoms with Crippen molar-refractivity contribution in [3.05, 3.63) is 23.1 Å². The zero-order valence-corrected chi connectivity index (χ0v) is 19.2. The molecule has 0 bridgehead atoms. The van der Waals surface area contributed by atoms with Crippen molar-refractivity contribution >= 4 is 37.6 Å². The van der Waals surface area contributed by atoms with Crippen molar-refractivity contribution in [3.63, 3.8) is 0 Å². The number of rotatable bonds is 6. The smallest absolute Gasteiger partial charge is 0.147 e. The third-order valence-electron chi connectivity index (χ3n) is 5.55. The summed E-state index contributed by atoms with van der Waals surface area (Å²) in [7, 11) is 4.36. The van der Waals surface area contributed by atoms with E-state index in [1.54, 1.807) is 17.7 Å². The van der Waals surface area contributed by atoms with Gasteiger partial charge in [-0.25, -0.2) is 15.0 Å². The molecule has 0 unspecified atom stereocenters. The zero-order chi connectivity index (χ0) is 20.8. The lowest BCUT2D eigenvalue weighted by Crippen LogP contribution is -3.05. The fraction of sp³-hybridized carbons (Fsp3) is 0.591. The predicted molar refractivity (Wildman–Crippen MR) is 120 cm³/mol. The maximum absolute atomic E-state index is 6.14. The normalized spacial score (nSPS) is 16.1. The fourth-order valence-electron chi connectivity index (χ4n) is 4.08. The molecular formula is C22H32N5OS+. The van der Waals surface area contributed by atoms with Gasteiger partial charge in [-0.2, -0.15) is 0 Å². The minimum Gasteiger partial charge on any atom is -0.370 e. The minimum absolute atomic E-state index is 0.174. The number of thiophene rings is 1. The lowest BCUT2D eigenvalue weighted by Gasteiger charge is -2.33. The first-order valence-corrected chi connectivity index (χ1v) is 11.3. The van der Waals surface area contributed by atoms with Gasteiger partial charge >= 0.3 is 0 Å². The molecule has 4 rings (SSSR count). The molecule has 3 aromatic heterocycles. The van der Waals surface area contributed by atoms with Crippen molar-refractivity contribution in [2.24, 2.45) is 0 Å². The van der Waals surface area contributed by atoms with Crippen LogP contribution in [0.2, 0.25) is 0 Å². The third kappa shape index (κ3) is 3.96. The average molecular weight is 415 g/mol. The molecule has 0 aliphatic carbocycles. The van der Waals surface area contributed by atoms with Crippen molar-refractivity contribution in [3.8, 4) is 0 Å². The van der Waals surface area contributed by atoms with E-state index < -0.39 is 0 Å². The summed E-state index contributed by atoms with van der Waals surface area (Å²) in [6, 6.07) is 0. The van der Waals surface area contributed by atoms with Crippen LogP contribution in [0.15, 0.2) is 6.33 Å². The summed E-state index contributed by atoms with van der Waals surface area (Å²) in [5, 5.41) is 4.73. The number of hydrogen-bond acceptors (Lipinski definition) is 6. The molecule has 6 nitrogen and oxygen atoms in total. The van der Waals surface area contributed by atoms with Gasteiger partial charge in [-0.05, 0) is 25.3 Å². The summed E-state index contributed by atoms with van der Waals surface area (Å²) in [5.74, 6) is 1.29. The summed E-state index contributed by atoms with van der Waals surface area (Å²) in [4.78, 5) is 16.8. The highest BCUT2D eigenvalue weighted by Gasteiger charge is 2.32. The van der Waals surface area contributed by atoms with E-state index in [0.29, 0.717) is 12.5 Å². The van der Waals surface area contributed by atoms with Gasteiger partial charge in [0.15, 0.2) is 0 Å². The quantitative estimate of drug-likeness (QED) is 0.607. The summed E-state index contributed by atoms with van der Waals surface area (Å²) in [6.07, 6.45) is 3.67. The second-order valence-electron chi connectivity index (χ2n) is 9.25. The van der Waals surface area contributed by atoms with E-state index in [9.17, 15) is 0 Å². The Kier molecular flexibility index (Phi) is 5.48. The highest BCUT2D eigenvalue weighted by Crippen LogP contribution is 2.43. The highest BCUT2D eigenvalue weighted by molar-refractivity contribution is 7.26. The zero-order valence-electron chi connectivity index (χ0n) is 18.3. The maximum Gasteiger partial charge on any atom is 0.147 e. The first-order valence-electron chi connectivity index (χ1n) is 10.5. The van der Waals surface area contributed by atoms with Crippen molar-refractivity contribution in [2.75, 3.05) is 32.5 Å². The molecule has 29 heavy (non-hydrogen) atoms. The lowest BCUT2D eigenvalue weighted by molar-refractivity contribution is -0.858. The summed E-state index contributed by atoms with van der Waals surface area (Å²) < 4.78 is 7.26. The molecule has 0 radical (unpaired) electrons. The molecule has 0 atom stereocenters. The number of ether oxygens (including phenoxy) is 1. The number of nitrogens with one attached hydrogen (secondary N) is 2. The maximum atomic E-state index is 6.14. The van der Waals surface area contributed by atoms with Gasteiger partial charge in [0.25, 0.3) is 0 Å². The Morgan fingerprint density at radius 1 is 1.24 bits per heavy atom. The number of fused-ring (bicyclic) bond motifs is 5. The number of quaternary nitrogens is 1. The Morgan fingerprint density at radius 3 is 2.76 bits per heavy atom.